The predicted octanol–water partition coefficient (Wildman–Crippen LogP) is 4.74. The summed E-state index contributed by atoms with van der Waals surface area (Å²) in [5, 5.41) is 19.1. The lowest BCUT2D eigenvalue weighted by Gasteiger charge is -2.31. The van der Waals surface area contributed by atoms with Gasteiger partial charge in [0.25, 0.3) is 0 Å². The van der Waals surface area contributed by atoms with Gasteiger partial charge < -0.3 is 14.9 Å². The Morgan fingerprint density at radius 1 is 1.06 bits per heavy atom. The van der Waals surface area contributed by atoms with Gasteiger partial charge in [0.2, 0.25) is 0 Å². The Bertz CT molecular complexity index is 1140. The number of carboxylic acids is 1. The molecule has 0 fully saturated rings. The molecule has 0 aliphatic carbocycles. The van der Waals surface area contributed by atoms with Gasteiger partial charge in [0.15, 0.2) is 10.8 Å². The Morgan fingerprint density at radius 3 is 2.35 bits per heavy atom. The zero-order chi connectivity index (χ0) is 22.8. The smallest absolute Gasteiger partial charge is 0.335 e. The van der Waals surface area contributed by atoms with Gasteiger partial charge in [0.1, 0.15) is 18.1 Å². The number of phenols is 1. The number of nitrogens with zero attached hydrogens (tertiary/aromatic N) is 1. The van der Waals surface area contributed by atoms with Crippen LogP contribution in [0.15, 0.2) is 64.6 Å². The van der Waals surface area contributed by atoms with E-state index in [0.717, 1.165) is 11.6 Å². The highest BCUT2D eigenvalue weighted by Crippen LogP contribution is 2.54. The third-order valence-electron chi connectivity index (χ3n) is 4.68. The van der Waals surface area contributed by atoms with Crippen molar-refractivity contribution in [2.75, 3.05) is 0 Å². The molecule has 3 rings (SSSR count). The molecule has 4 N–H and O–H groups in total. The van der Waals surface area contributed by atoms with Gasteiger partial charge in [-0.15, -0.1) is 10.6 Å². The van der Waals surface area contributed by atoms with Crippen molar-refractivity contribution in [2.45, 2.75) is 30.4 Å². The zero-order valence-electron chi connectivity index (χ0n) is 16.8. The van der Waals surface area contributed by atoms with Crippen LogP contribution in [0.2, 0.25) is 0 Å². The third kappa shape index (κ3) is 4.69. The molecule has 31 heavy (non-hydrogen) atoms. The van der Waals surface area contributed by atoms with E-state index >= 15 is 0 Å². The molecule has 1 heterocycles. The summed E-state index contributed by atoms with van der Waals surface area (Å²) >= 11 is 0. The van der Waals surface area contributed by atoms with Crippen molar-refractivity contribution in [2.24, 2.45) is 0 Å². The number of ketones is 1. The van der Waals surface area contributed by atoms with Gasteiger partial charge in [0.05, 0.1) is 16.0 Å². The van der Waals surface area contributed by atoms with Gasteiger partial charge in [-0.3, -0.25) is 13.9 Å². The van der Waals surface area contributed by atoms with Crippen LogP contribution >= 0.6 is 10.6 Å². The number of carboxylic acid groups (broad SMARTS) is 1. The lowest BCUT2D eigenvalue weighted by atomic mass is 10.1. The summed E-state index contributed by atoms with van der Waals surface area (Å²) in [6.45, 7) is 3.16. The molecule has 0 bridgehead atoms. The Kier molecular flexibility index (Phi) is 6.30. The second-order valence-electron chi connectivity index (χ2n) is 6.81. The molecule has 3 aromatic rings. The number of benzene rings is 2. The first-order valence-electron chi connectivity index (χ1n) is 9.14. The average molecular weight is 443 g/mol. The lowest BCUT2D eigenvalue weighted by Crippen LogP contribution is -2.05. The number of hydrogen-bond acceptors (Lipinski definition) is 7. The largest absolute Gasteiger partial charge is 0.507 e. The summed E-state index contributed by atoms with van der Waals surface area (Å²) in [5.74, 6) is -1.13. The number of pyridine rings is 1. The molecule has 0 saturated heterocycles. The number of rotatable bonds is 7. The first-order valence-corrected chi connectivity index (χ1v) is 10.7. The maximum atomic E-state index is 11.5. The van der Waals surface area contributed by atoms with Crippen LogP contribution in [0.3, 0.4) is 0 Å². The van der Waals surface area contributed by atoms with Crippen LogP contribution in [0.5, 0.6) is 11.5 Å². The Labute approximate surface area is 180 Å². The SMILES string of the molecule is CC(=O)c1ccc(OCc2ccc(S(O)(O)c3cc(C(=O)O)ccn3)cc2)c(C)c1O. The molecular weight excluding hydrogens is 422 g/mol. The quantitative estimate of drug-likeness (QED) is 0.384. The van der Waals surface area contributed by atoms with Crippen molar-refractivity contribution in [1.29, 1.82) is 0 Å². The number of phenolic OH excluding ortho intramolecular Hbond substituents is 1. The van der Waals surface area contributed by atoms with Crippen molar-refractivity contribution >= 4 is 22.3 Å². The van der Waals surface area contributed by atoms with Gasteiger partial charge in [-0.05, 0) is 55.8 Å². The summed E-state index contributed by atoms with van der Waals surface area (Å²) in [7, 11) is -3.48. The number of carbonyl (C=O) groups is 2. The van der Waals surface area contributed by atoms with Crippen LogP contribution in [-0.4, -0.2) is 36.1 Å². The fraction of sp³-hybridized carbons (Fsp3) is 0.136. The van der Waals surface area contributed by atoms with E-state index in [-0.39, 0.29) is 39.2 Å². The van der Waals surface area contributed by atoms with Gasteiger partial charge >= 0.3 is 5.97 Å². The number of hydrogen-bond donors (Lipinski definition) is 4. The van der Waals surface area contributed by atoms with E-state index in [1.165, 1.54) is 37.4 Å². The van der Waals surface area contributed by atoms with Crippen molar-refractivity contribution < 1.29 is 33.6 Å². The van der Waals surface area contributed by atoms with E-state index < -0.39 is 16.6 Å². The molecule has 0 saturated carbocycles. The standard InChI is InChI=1S/C22H21NO7S/c1-13-19(8-7-18(14(2)24)21(13)25)30-12-15-3-5-17(6-4-15)31(28,29)20-11-16(22(26)27)9-10-23-20/h3-11,25,28-29H,12H2,1-2H3,(H,26,27). The molecule has 0 amide bonds. The van der Waals surface area contributed by atoms with Crippen LogP contribution in [0.1, 0.15) is 38.8 Å². The van der Waals surface area contributed by atoms with Crippen LogP contribution in [0.25, 0.3) is 0 Å². The number of aromatic carboxylic acids is 1. The predicted molar refractivity (Wildman–Crippen MR) is 114 cm³/mol. The fourth-order valence-corrected chi connectivity index (χ4v) is 4.13. The van der Waals surface area contributed by atoms with Crippen LogP contribution < -0.4 is 4.74 Å². The van der Waals surface area contributed by atoms with E-state index in [1.54, 1.807) is 25.1 Å². The zero-order valence-corrected chi connectivity index (χ0v) is 17.6. The van der Waals surface area contributed by atoms with Gasteiger partial charge in [-0.1, -0.05) is 12.1 Å². The van der Waals surface area contributed by atoms with Gasteiger partial charge in [-0.2, -0.15) is 0 Å². The van der Waals surface area contributed by atoms with E-state index in [2.05, 4.69) is 4.98 Å². The molecule has 0 radical (unpaired) electrons. The van der Waals surface area contributed by atoms with E-state index in [1.807, 2.05) is 0 Å². The molecule has 9 heteroatoms. The van der Waals surface area contributed by atoms with Gasteiger partial charge in [-0.25, -0.2) is 9.78 Å². The molecular formula is C22H21NO7S. The summed E-state index contributed by atoms with van der Waals surface area (Å²) in [6.07, 6.45) is 1.21. The molecule has 162 valence electrons. The summed E-state index contributed by atoms with van der Waals surface area (Å²) < 4.78 is 26.9. The molecule has 0 atom stereocenters. The number of Topliss-reactive ketones (excluding diaryl/α,β-unsaturated/α-hetero) is 1. The average Bonchev–Trinajstić information content (AvgIpc) is 2.75. The first-order chi connectivity index (χ1) is 14.6. The minimum atomic E-state index is -3.48. The highest BCUT2D eigenvalue weighted by Gasteiger charge is 2.22. The van der Waals surface area contributed by atoms with Crippen molar-refractivity contribution in [3.05, 3.63) is 77.0 Å². The highest BCUT2D eigenvalue weighted by molar-refractivity contribution is 8.24. The van der Waals surface area contributed by atoms with E-state index in [0.29, 0.717) is 11.3 Å². The highest BCUT2D eigenvalue weighted by atomic mass is 32.3. The number of aromatic hydroxyl groups is 1. The van der Waals surface area contributed by atoms with Crippen LogP contribution in [-0.2, 0) is 6.61 Å². The maximum absolute atomic E-state index is 11.5. The van der Waals surface area contributed by atoms with E-state index in [9.17, 15) is 23.8 Å². The Morgan fingerprint density at radius 2 is 1.74 bits per heavy atom. The Balaban J connectivity index is 1.76. The molecule has 0 unspecified atom stereocenters. The topological polar surface area (TPSA) is 137 Å². The molecule has 8 nitrogen and oxygen atoms in total. The molecule has 0 aliphatic rings. The minimum Gasteiger partial charge on any atom is -0.507 e. The molecule has 0 aliphatic heterocycles. The number of aromatic nitrogens is 1. The lowest BCUT2D eigenvalue weighted by molar-refractivity contribution is 0.0696. The van der Waals surface area contributed by atoms with Crippen LogP contribution in [0, 0.1) is 6.92 Å². The van der Waals surface area contributed by atoms with Gasteiger partial charge in [0, 0.05) is 11.8 Å². The summed E-state index contributed by atoms with van der Waals surface area (Å²) in [5.41, 5.74) is 1.30. The normalized spacial score (nSPS) is 11.7. The van der Waals surface area contributed by atoms with Crippen molar-refractivity contribution in [3.8, 4) is 11.5 Å². The Hall–Kier alpha value is -3.40. The molecule has 1 aromatic heterocycles. The maximum Gasteiger partial charge on any atom is 0.335 e. The fourth-order valence-electron chi connectivity index (χ4n) is 2.88. The minimum absolute atomic E-state index is 0.0931. The summed E-state index contributed by atoms with van der Waals surface area (Å²) in [6, 6.07) is 11.8. The summed E-state index contributed by atoms with van der Waals surface area (Å²) in [4.78, 5) is 26.7. The van der Waals surface area contributed by atoms with Crippen molar-refractivity contribution in [1.82, 2.24) is 4.98 Å². The second-order valence-corrected chi connectivity index (χ2v) is 8.80. The van der Waals surface area contributed by atoms with E-state index in [4.69, 9.17) is 9.84 Å². The molecule has 0 spiro atoms. The van der Waals surface area contributed by atoms with Crippen molar-refractivity contribution in [3.63, 3.8) is 0 Å². The molecule has 2 aromatic carbocycles. The second kappa shape index (κ2) is 8.76. The number of carbonyl (C=O) groups excluding carboxylic acids is 1. The third-order valence-corrected chi connectivity index (χ3v) is 6.42. The first kappa shape index (κ1) is 22.3. The monoisotopic (exact) mass is 443 g/mol. The van der Waals surface area contributed by atoms with Crippen LogP contribution in [0.4, 0.5) is 0 Å². The number of ether oxygens (including phenoxy) is 1.